The molecular weight excluding hydrogens is 755 g/mol. The van der Waals surface area contributed by atoms with E-state index >= 15 is 0 Å². The first-order chi connectivity index (χ1) is 24.0. The van der Waals surface area contributed by atoms with Gasteiger partial charge in [-0.05, 0) is 32.7 Å². The number of halogens is 2. The molecule has 0 spiro atoms. The molecule has 0 amide bonds. The van der Waals surface area contributed by atoms with Crippen molar-refractivity contribution in [3.8, 4) is 33.4 Å². The maximum atomic E-state index is 2.32. The van der Waals surface area contributed by atoms with Gasteiger partial charge in [-0.2, -0.15) is 6.07 Å². The average molecular weight is 793 g/mol. The van der Waals surface area contributed by atoms with Crippen LogP contribution in [0, 0.1) is 6.92 Å². The van der Waals surface area contributed by atoms with Crippen LogP contribution in [0.3, 0.4) is 0 Å². The molecule has 0 radical (unpaired) electrons. The van der Waals surface area contributed by atoms with E-state index < -0.39 is 0 Å². The van der Waals surface area contributed by atoms with Crippen LogP contribution in [0.25, 0.3) is 76.5 Å². The van der Waals surface area contributed by atoms with Gasteiger partial charge in [-0.25, -0.2) is 0 Å². The van der Waals surface area contributed by atoms with E-state index in [0.717, 1.165) is 0 Å². The molecule has 0 aliphatic heterocycles. The van der Waals surface area contributed by atoms with Gasteiger partial charge in [0.1, 0.15) is 0 Å². The molecule has 0 nitrogen and oxygen atoms in total. The Morgan fingerprint density at radius 2 is 0.824 bits per heavy atom. The topological polar surface area (TPSA) is 0 Å². The average Bonchev–Trinajstić information content (AvgIpc) is 3.75. The fraction of sp³-hybridized carbons (Fsp3) is 0.0638. The summed E-state index contributed by atoms with van der Waals surface area (Å²) in [6.07, 6.45) is 0. The third-order valence-electron chi connectivity index (χ3n) is 8.91. The van der Waals surface area contributed by atoms with Crippen molar-refractivity contribution in [2.45, 2.75) is 20.0 Å². The molecule has 0 atom stereocenters. The van der Waals surface area contributed by atoms with Crippen molar-refractivity contribution < 1.29 is 48.1 Å². The number of hydrogen-bond donors (Lipinski definition) is 0. The molecule has 4 heteroatoms. The molecule has 0 saturated carbocycles. The Labute approximate surface area is 329 Å². The number of rotatable bonds is 3. The van der Waals surface area contributed by atoms with Crippen LogP contribution in [0.4, 0.5) is 0 Å². The predicted molar refractivity (Wildman–Crippen MR) is 213 cm³/mol. The molecule has 9 aromatic carbocycles. The normalized spacial score (nSPS) is 10.5. The summed E-state index contributed by atoms with van der Waals surface area (Å²) in [4.78, 5) is 0. The predicted octanol–water partition coefficient (Wildman–Crippen LogP) is 7.53. The largest absolute Gasteiger partial charge is 1.00 e. The molecule has 0 unspecified atom stereocenters. The van der Waals surface area contributed by atoms with Gasteiger partial charge < -0.3 is 24.8 Å². The minimum atomic E-state index is 0. The first-order valence-corrected chi connectivity index (χ1v) is 23.0. The summed E-state index contributed by atoms with van der Waals surface area (Å²) in [5, 5.41) is 10.5. The van der Waals surface area contributed by atoms with Gasteiger partial charge in [-0.1, -0.05) is 157 Å². The number of aryl methyl sites for hydroxylation is 1. The molecule has 0 aromatic heterocycles. The van der Waals surface area contributed by atoms with Gasteiger partial charge in [-0.3, -0.25) is 0 Å². The van der Waals surface area contributed by atoms with E-state index in [1.165, 1.54) is 82.0 Å². The van der Waals surface area contributed by atoms with Gasteiger partial charge in [0.25, 0.3) is 0 Å². The Morgan fingerprint density at radius 1 is 0.431 bits per heavy atom. The molecule has 0 N–H and O–H groups in total. The first-order valence-electron chi connectivity index (χ1n) is 16.9. The van der Waals surface area contributed by atoms with Gasteiger partial charge in [-0.15, -0.1) is 69.1 Å². The molecule has 0 aliphatic rings. The van der Waals surface area contributed by atoms with Crippen molar-refractivity contribution in [2.75, 3.05) is 0 Å². The second-order valence-corrected chi connectivity index (χ2v) is 22.2. The van der Waals surface area contributed by atoms with Gasteiger partial charge in [0.15, 0.2) is 0 Å². The van der Waals surface area contributed by atoms with Gasteiger partial charge >= 0.3 is 41.9 Å². The summed E-state index contributed by atoms with van der Waals surface area (Å²) >= 11 is 1.74. The quantitative estimate of drug-likeness (QED) is 0.128. The van der Waals surface area contributed by atoms with Crippen LogP contribution in [-0.4, -0.2) is 5.43 Å². The van der Waals surface area contributed by atoms with Crippen molar-refractivity contribution in [1.82, 2.24) is 0 Å². The summed E-state index contributed by atoms with van der Waals surface area (Å²) in [6.45, 7) is 6.78. The molecule has 9 aromatic rings. The number of hydrogen-bond acceptors (Lipinski definition) is 0. The van der Waals surface area contributed by atoms with E-state index in [9.17, 15) is 0 Å². The zero-order chi connectivity index (χ0) is 33.7. The van der Waals surface area contributed by atoms with Crippen LogP contribution < -0.4 is 24.8 Å². The Hall–Kier alpha value is -4.04. The monoisotopic (exact) mass is 790 g/mol. The van der Waals surface area contributed by atoms with Crippen LogP contribution in [0.1, 0.15) is 5.56 Å². The Kier molecular flexibility index (Phi) is 13.1. The summed E-state index contributed by atoms with van der Waals surface area (Å²) < 4.78 is 0. The van der Waals surface area contributed by atoms with Crippen molar-refractivity contribution in [3.05, 3.63) is 181 Å². The van der Waals surface area contributed by atoms with E-state index in [0.29, 0.717) is 0 Å². The molecule has 0 aliphatic carbocycles. The molecule has 0 heterocycles. The summed E-state index contributed by atoms with van der Waals surface area (Å²) in [7, 11) is 0. The minimum absolute atomic E-state index is 0. The molecule has 0 saturated heterocycles. The van der Waals surface area contributed by atoms with Crippen LogP contribution in [0.15, 0.2) is 176 Å². The molecule has 9 rings (SSSR count). The smallest absolute Gasteiger partial charge is 0.0112 e. The summed E-state index contributed by atoms with van der Waals surface area (Å²) in [6, 6.07) is 63.2. The second-order valence-electron chi connectivity index (χ2n) is 12.8. The second kappa shape index (κ2) is 17.5. The van der Waals surface area contributed by atoms with Crippen LogP contribution >= 0.6 is 0 Å². The first kappa shape index (κ1) is 38.2. The molecule has 0 bridgehead atoms. The van der Waals surface area contributed by atoms with Crippen LogP contribution in [-0.2, 0) is 23.3 Å². The van der Waals surface area contributed by atoms with E-state index in [1.807, 2.05) is 0 Å². The minimum Gasteiger partial charge on any atom is -1.00 e. The number of benzene rings is 7. The van der Waals surface area contributed by atoms with Gasteiger partial charge in [0.2, 0.25) is 0 Å². The molecular formula is C47H38Cl2SiZr-2. The van der Waals surface area contributed by atoms with Gasteiger partial charge in [0.05, 0.1) is 0 Å². The molecule has 51 heavy (non-hydrogen) atoms. The fourth-order valence-electron chi connectivity index (χ4n) is 6.81. The van der Waals surface area contributed by atoms with Crippen molar-refractivity contribution in [2.24, 2.45) is 0 Å². The van der Waals surface area contributed by atoms with E-state index in [-0.39, 0.29) is 30.2 Å². The van der Waals surface area contributed by atoms with Crippen LogP contribution in [0.5, 0.6) is 0 Å². The standard InChI is InChI=1S/C25H17.C20H15.C2H6Si.2ClH.Zr/c1-2-8-18(9-3-1)21-16-20-12-7-15-24(25(20)17-21)23-14-6-11-19-10-4-5-13-22(19)23;1-14-12-16-8-5-11-19(20(16)13-14)18-10-4-7-15-6-2-3-9-17(15)18;1-3-2;;;/h1-17H;2-13H,1H3;1-2H3;2*1H;/q2*-1;;;;+2/p-2. The zero-order valence-electron chi connectivity index (χ0n) is 29.0. The maximum Gasteiger partial charge on any atom is -0.0112 e. The van der Waals surface area contributed by atoms with Crippen molar-refractivity contribution in [3.63, 3.8) is 0 Å². The Bertz CT molecular complexity index is 2550. The van der Waals surface area contributed by atoms with Crippen molar-refractivity contribution in [1.29, 1.82) is 0 Å². The van der Waals surface area contributed by atoms with Crippen molar-refractivity contribution >= 4 is 48.5 Å². The third-order valence-corrected chi connectivity index (χ3v) is 8.91. The summed E-state index contributed by atoms with van der Waals surface area (Å²) in [5.74, 6) is 0. The van der Waals surface area contributed by atoms with Gasteiger partial charge in [0, 0.05) is 0 Å². The SMILES string of the molecule is C[Si](C)=[Zr+2].Cc1cc2c(-c3cccc4ccccc34)cccc2[cH-]1.[Cl-].[Cl-].c1ccc(-c2cc3c(-c4cccc5ccccc45)cccc3[cH-]2)cc1. The zero-order valence-corrected chi connectivity index (χ0v) is 34.0. The summed E-state index contributed by atoms with van der Waals surface area (Å²) in [5.41, 5.74) is 9.33. The molecule has 0 fully saturated rings. The Morgan fingerprint density at radius 3 is 1.35 bits per heavy atom. The third kappa shape index (κ3) is 8.54. The fourth-order valence-corrected chi connectivity index (χ4v) is 6.81. The maximum absolute atomic E-state index is 2.32. The van der Waals surface area contributed by atoms with E-state index in [4.69, 9.17) is 0 Å². The Balaban J connectivity index is 0.000000176. The number of fused-ring (bicyclic) bond motifs is 4. The van der Waals surface area contributed by atoms with E-state index in [2.05, 4.69) is 196 Å². The van der Waals surface area contributed by atoms with E-state index in [1.54, 1.807) is 23.3 Å². The molecule has 250 valence electrons. The van der Waals surface area contributed by atoms with Crippen LogP contribution in [0.2, 0.25) is 13.1 Å².